The highest BCUT2D eigenvalue weighted by Gasteiger charge is 2.20. The van der Waals surface area contributed by atoms with Gasteiger partial charge in [0.05, 0.1) is 7.11 Å². The van der Waals surface area contributed by atoms with Gasteiger partial charge in [-0.1, -0.05) is 54.0 Å². The van der Waals surface area contributed by atoms with Crippen molar-refractivity contribution in [3.05, 3.63) is 64.6 Å². The van der Waals surface area contributed by atoms with Crippen LogP contribution in [0.1, 0.15) is 24.2 Å². The molecule has 0 heterocycles. The second kappa shape index (κ2) is 8.88. The molecule has 0 radical (unpaired) electrons. The number of esters is 1. The van der Waals surface area contributed by atoms with Crippen LogP contribution in [0.2, 0.25) is 0 Å². The van der Waals surface area contributed by atoms with Crippen molar-refractivity contribution in [2.45, 2.75) is 18.7 Å². The van der Waals surface area contributed by atoms with E-state index in [2.05, 4.69) is 46.2 Å². The standard InChI is InChI=1S/C22H22BrNO3S/c1-14(2)13-24(16-10-8-15(23)9-11-16)28-20-12-19(22(26)27-3)21(25)18-7-5-4-6-17(18)20/h4-12,14,25H,13H2,1-3H3. The summed E-state index contributed by atoms with van der Waals surface area (Å²) in [7, 11) is 1.32. The first-order valence-electron chi connectivity index (χ1n) is 8.94. The van der Waals surface area contributed by atoms with Crippen LogP contribution in [0, 0.1) is 5.92 Å². The second-order valence-electron chi connectivity index (χ2n) is 6.83. The number of methoxy groups -OCH3 is 1. The molecule has 0 aliphatic rings. The zero-order valence-corrected chi connectivity index (χ0v) is 18.4. The van der Waals surface area contributed by atoms with Crippen LogP contribution in [-0.4, -0.2) is 24.7 Å². The summed E-state index contributed by atoms with van der Waals surface area (Å²) < 4.78 is 8.09. The maximum absolute atomic E-state index is 12.2. The maximum Gasteiger partial charge on any atom is 0.341 e. The Morgan fingerprint density at radius 1 is 1.14 bits per heavy atom. The van der Waals surface area contributed by atoms with E-state index in [-0.39, 0.29) is 11.3 Å². The second-order valence-corrected chi connectivity index (χ2v) is 8.81. The minimum Gasteiger partial charge on any atom is -0.506 e. The summed E-state index contributed by atoms with van der Waals surface area (Å²) >= 11 is 5.04. The zero-order valence-electron chi connectivity index (χ0n) is 16.0. The Hall–Kier alpha value is -2.18. The topological polar surface area (TPSA) is 49.8 Å². The molecule has 0 spiro atoms. The highest BCUT2D eigenvalue weighted by atomic mass is 79.9. The SMILES string of the molecule is COC(=O)c1cc(SN(CC(C)C)c2ccc(Br)cc2)c2ccccc2c1O. The smallest absolute Gasteiger partial charge is 0.341 e. The number of aromatic hydroxyl groups is 1. The summed E-state index contributed by atoms with van der Waals surface area (Å²) in [6, 6.07) is 17.4. The highest BCUT2D eigenvalue weighted by Crippen LogP contribution is 2.40. The van der Waals surface area contributed by atoms with Crippen LogP contribution in [0.4, 0.5) is 5.69 Å². The molecule has 6 heteroatoms. The largest absolute Gasteiger partial charge is 0.506 e. The van der Waals surface area contributed by atoms with Crippen LogP contribution in [0.5, 0.6) is 5.75 Å². The summed E-state index contributed by atoms with van der Waals surface area (Å²) in [5.41, 5.74) is 1.24. The van der Waals surface area contributed by atoms with Crippen molar-refractivity contribution in [2.75, 3.05) is 18.0 Å². The molecule has 0 aliphatic carbocycles. The van der Waals surface area contributed by atoms with E-state index in [4.69, 9.17) is 4.74 Å². The predicted molar refractivity (Wildman–Crippen MR) is 119 cm³/mol. The Balaban J connectivity index is 2.10. The maximum atomic E-state index is 12.2. The molecule has 0 amide bonds. The lowest BCUT2D eigenvalue weighted by Crippen LogP contribution is -2.20. The number of nitrogens with zero attached hydrogens (tertiary/aromatic N) is 1. The van der Waals surface area contributed by atoms with Crippen LogP contribution in [0.3, 0.4) is 0 Å². The quantitative estimate of drug-likeness (QED) is 0.347. The van der Waals surface area contributed by atoms with Crippen molar-refractivity contribution >= 4 is 50.3 Å². The number of carbonyl (C=O) groups is 1. The third kappa shape index (κ3) is 4.45. The Labute approximate surface area is 177 Å². The van der Waals surface area contributed by atoms with Crippen molar-refractivity contribution in [1.82, 2.24) is 0 Å². The molecular formula is C22H22BrNO3S. The van der Waals surface area contributed by atoms with Crippen molar-refractivity contribution in [3.63, 3.8) is 0 Å². The molecule has 146 valence electrons. The number of phenols is 1. The molecular weight excluding hydrogens is 438 g/mol. The Morgan fingerprint density at radius 2 is 1.79 bits per heavy atom. The summed E-state index contributed by atoms with van der Waals surface area (Å²) in [6.07, 6.45) is 0. The lowest BCUT2D eigenvalue weighted by Gasteiger charge is -2.26. The molecule has 3 rings (SSSR count). The van der Waals surface area contributed by atoms with Crippen LogP contribution < -0.4 is 4.31 Å². The monoisotopic (exact) mass is 459 g/mol. The Kier molecular flexibility index (Phi) is 6.52. The predicted octanol–water partition coefficient (Wildman–Crippen LogP) is 6.26. The molecule has 1 N–H and O–H groups in total. The molecule has 0 saturated carbocycles. The first-order chi connectivity index (χ1) is 13.4. The van der Waals surface area contributed by atoms with Crippen molar-refractivity contribution in [2.24, 2.45) is 5.92 Å². The average Bonchev–Trinajstić information content (AvgIpc) is 2.69. The summed E-state index contributed by atoms with van der Waals surface area (Å²) in [4.78, 5) is 13.1. The first kappa shape index (κ1) is 20.6. The molecule has 0 bridgehead atoms. The van der Waals surface area contributed by atoms with E-state index >= 15 is 0 Å². The number of anilines is 1. The summed E-state index contributed by atoms with van der Waals surface area (Å²) in [5, 5.41) is 12.1. The Bertz CT molecular complexity index is 989. The molecule has 0 aromatic heterocycles. The molecule has 3 aromatic rings. The van der Waals surface area contributed by atoms with Gasteiger partial charge < -0.3 is 14.1 Å². The normalized spacial score (nSPS) is 11.0. The van der Waals surface area contributed by atoms with Gasteiger partial charge in [0.1, 0.15) is 11.3 Å². The Morgan fingerprint density at radius 3 is 2.39 bits per heavy atom. The number of ether oxygens (including phenoxy) is 1. The van der Waals surface area contributed by atoms with E-state index in [0.717, 1.165) is 27.0 Å². The lowest BCUT2D eigenvalue weighted by atomic mass is 10.1. The summed E-state index contributed by atoms with van der Waals surface area (Å²) in [6.45, 7) is 5.16. The van der Waals surface area contributed by atoms with E-state index in [1.165, 1.54) is 7.11 Å². The fraction of sp³-hybridized carbons (Fsp3) is 0.227. The van der Waals surface area contributed by atoms with E-state index in [9.17, 15) is 9.90 Å². The van der Waals surface area contributed by atoms with Crippen molar-refractivity contribution < 1.29 is 14.6 Å². The molecule has 0 atom stereocenters. The molecule has 28 heavy (non-hydrogen) atoms. The van der Waals surface area contributed by atoms with E-state index in [1.54, 1.807) is 18.0 Å². The van der Waals surface area contributed by atoms with Gasteiger partial charge >= 0.3 is 5.97 Å². The van der Waals surface area contributed by atoms with Crippen LogP contribution in [-0.2, 0) is 4.74 Å². The van der Waals surface area contributed by atoms with Crippen LogP contribution in [0.25, 0.3) is 10.8 Å². The van der Waals surface area contributed by atoms with Gasteiger partial charge in [0.2, 0.25) is 0 Å². The fourth-order valence-electron chi connectivity index (χ4n) is 2.92. The highest BCUT2D eigenvalue weighted by molar-refractivity contribution is 9.10. The minimum absolute atomic E-state index is 0.0501. The third-order valence-corrected chi connectivity index (χ3v) is 5.88. The number of carbonyl (C=O) groups excluding carboxylic acids is 1. The number of phenolic OH excluding ortho intramolecular Hbond substituents is 1. The van der Waals surface area contributed by atoms with Crippen LogP contribution in [0.15, 0.2) is 64.0 Å². The number of hydrogen-bond acceptors (Lipinski definition) is 5. The third-order valence-electron chi connectivity index (χ3n) is 4.24. The van der Waals surface area contributed by atoms with Gasteiger partial charge in [-0.15, -0.1) is 0 Å². The molecule has 0 saturated heterocycles. The minimum atomic E-state index is -0.552. The van der Waals surface area contributed by atoms with Gasteiger partial charge in [0.15, 0.2) is 0 Å². The average molecular weight is 460 g/mol. The van der Waals surface area contributed by atoms with Crippen molar-refractivity contribution in [3.8, 4) is 5.75 Å². The van der Waals surface area contributed by atoms with Crippen molar-refractivity contribution in [1.29, 1.82) is 0 Å². The number of halogens is 1. The van der Waals surface area contributed by atoms with Crippen LogP contribution >= 0.6 is 27.9 Å². The van der Waals surface area contributed by atoms with Gasteiger partial charge in [0, 0.05) is 32.4 Å². The number of rotatable bonds is 6. The first-order valence-corrected chi connectivity index (χ1v) is 10.5. The van der Waals surface area contributed by atoms with E-state index in [1.807, 2.05) is 36.4 Å². The number of hydrogen-bond donors (Lipinski definition) is 1. The van der Waals surface area contributed by atoms with E-state index in [0.29, 0.717) is 11.3 Å². The van der Waals surface area contributed by atoms with E-state index < -0.39 is 5.97 Å². The van der Waals surface area contributed by atoms with Gasteiger partial charge in [-0.25, -0.2) is 4.79 Å². The number of fused-ring (bicyclic) bond motifs is 1. The molecule has 4 nitrogen and oxygen atoms in total. The lowest BCUT2D eigenvalue weighted by molar-refractivity contribution is 0.0597. The fourth-order valence-corrected chi connectivity index (χ4v) is 4.47. The van der Waals surface area contributed by atoms with Gasteiger partial charge in [-0.2, -0.15) is 0 Å². The molecule has 0 unspecified atom stereocenters. The molecule has 3 aromatic carbocycles. The van der Waals surface area contributed by atoms with Gasteiger partial charge in [-0.05, 0) is 48.2 Å². The molecule has 0 fully saturated rings. The van der Waals surface area contributed by atoms with Gasteiger partial charge in [-0.3, -0.25) is 0 Å². The number of benzene rings is 3. The zero-order chi connectivity index (χ0) is 20.3. The molecule has 0 aliphatic heterocycles. The van der Waals surface area contributed by atoms with Gasteiger partial charge in [0.25, 0.3) is 0 Å². The summed E-state index contributed by atoms with van der Waals surface area (Å²) in [5.74, 6) is -0.158.